The summed E-state index contributed by atoms with van der Waals surface area (Å²) in [6.45, 7) is 7.28. The van der Waals surface area contributed by atoms with E-state index in [2.05, 4.69) is 19.2 Å². The molecule has 0 spiro atoms. The zero-order valence-corrected chi connectivity index (χ0v) is 11.9. The topological polar surface area (TPSA) is 12.0 Å². The van der Waals surface area contributed by atoms with E-state index >= 15 is 0 Å². The Hall–Kier alpha value is -0.890. The first-order chi connectivity index (χ1) is 8.67. The van der Waals surface area contributed by atoms with Crippen molar-refractivity contribution in [1.29, 1.82) is 0 Å². The average Bonchev–Trinajstić information content (AvgIpc) is 2.37. The van der Waals surface area contributed by atoms with E-state index in [1.807, 2.05) is 19.1 Å². The van der Waals surface area contributed by atoms with Gasteiger partial charge in [-0.1, -0.05) is 32.4 Å². The molecule has 102 valence electrons. The Kier molecular flexibility index (Phi) is 6.96. The molecule has 1 rings (SSSR count). The van der Waals surface area contributed by atoms with Crippen LogP contribution >= 0.6 is 0 Å². The standard InChI is InChI=1S/C16H26FN/c1-4-6-15(18-11-5-2)10-9-14-8-7-13(3)16(17)12-14/h7-8,12,15,18H,4-6,9-11H2,1-3H3. The van der Waals surface area contributed by atoms with E-state index in [-0.39, 0.29) is 5.82 Å². The van der Waals surface area contributed by atoms with E-state index in [1.165, 1.54) is 19.3 Å². The molecule has 0 heterocycles. The second kappa shape index (κ2) is 8.25. The summed E-state index contributed by atoms with van der Waals surface area (Å²) >= 11 is 0. The third-order valence-electron chi connectivity index (χ3n) is 3.34. The zero-order valence-electron chi connectivity index (χ0n) is 11.9. The van der Waals surface area contributed by atoms with E-state index < -0.39 is 0 Å². The lowest BCUT2D eigenvalue weighted by Gasteiger charge is -2.17. The molecule has 0 bridgehead atoms. The van der Waals surface area contributed by atoms with Crippen molar-refractivity contribution < 1.29 is 4.39 Å². The minimum atomic E-state index is -0.0824. The highest BCUT2D eigenvalue weighted by atomic mass is 19.1. The van der Waals surface area contributed by atoms with Gasteiger partial charge >= 0.3 is 0 Å². The largest absolute Gasteiger partial charge is 0.314 e. The van der Waals surface area contributed by atoms with Crippen molar-refractivity contribution in [2.45, 2.75) is 58.9 Å². The van der Waals surface area contributed by atoms with Gasteiger partial charge in [0.1, 0.15) is 5.82 Å². The van der Waals surface area contributed by atoms with Gasteiger partial charge < -0.3 is 5.32 Å². The van der Waals surface area contributed by atoms with Gasteiger partial charge in [-0.05, 0) is 56.3 Å². The number of hydrogen-bond acceptors (Lipinski definition) is 1. The summed E-state index contributed by atoms with van der Waals surface area (Å²) < 4.78 is 13.4. The Morgan fingerprint density at radius 2 is 1.94 bits per heavy atom. The molecule has 0 fully saturated rings. The first-order valence-electron chi connectivity index (χ1n) is 7.15. The van der Waals surface area contributed by atoms with Crippen molar-refractivity contribution in [1.82, 2.24) is 5.32 Å². The molecule has 0 amide bonds. The fourth-order valence-corrected chi connectivity index (χ4v) is 2.18. The molecule has 1 nitrogen and oxygen atoms in total. The van der Waals surface area contributed by atoms with Crippen LogP contribution in [0.2, 0.25) is 0 Å². The van der Waals surface area contributed by atoms with Crippen LogP contribution in [-0.2, 0) is 6.42 Å². The molecule has 0 saturated carbocycles. The fourth-order valence-electron chi connectivity index (χ4n) is 2.18. The summed E-state index contributed by atoms with van der Waals surface area (Å²) in [5.41, 5.74) is 1.84. The number of hydrogen-bond donors (Lipinski definition) is 1. The molecule has 1 atom stereocenters. The van der Waals surface area contributed by atoms with Crippen LogP contribution in [0.25, 0.3) is 0 Å². The maximum absolute atomic E-state index is 13.4. The predicted molar refractivity (Wildman–Crippen MR) is 76.4 cm³/mol. The fraction of sp³-hybridized carbons (Fsp3) is 0.625. The van der Waals surface area contributed by atoms with Crippen LogP contribution < -0.4 is 5.32 Å². The molecule has 2 heteroatoms. The number of nitrogens with one attached hydrogen (secondary N) is 1. The van der Waals surface area contributed by atoms with Crippen molar-refractivity contribution in [2.75, 3.05) is 6.54 Å². The third kappa shape index (κ3) is 5.18. The molecule has 0 radical (unpaired) electrons. The lowest BCUT2D eigenvalue weighted by atomic mass is 10.0. The average molecular weight is 251 g/mol. The minimum Gasteiger partial charge on any atom is -0.314 e. The lowest BCUT2D eigenvalue weighted by Crippen LogP contribution is -2.30. The first kappa shape index (κ1) is 15.2. The van der Waals surface area contributed by atoms with Crippen LogP contribution in [-0.4, -0.2) is 12.6 Å². The van der Waals surface area contributed by atoms with Gasteiger partial charge in [0.15, 0.2) is 0 Å². The molecular weight excluding hydrogens is 225 g/mol. The first-order valence-corrected chi connectivity index (χ1v) is 7.15. The minimum absolute atomic E-state index is 0.0824. The van der Waals surface area contributed by atoms with Crippen molar-refractivity contribution >= 4 is 0 Å². The smallest absolute Gasteiger partial charge is 0.126 e. The maximum Gasteiger partial charge on any atom is 0.126 e. The number of halogens is 1. The lowest BCUT2D eigenvalue weighted by molar-refractivity contribution is 0.448. The van der Waals surface area contributed by atoms with Gasteiger partial charge in [-0.15, -0.1) is 0 Å². The van der Waals surface area contributed by atoms with E-state index in [0.717, 1.165) is 30.5 Å². The number of benzene rings is 1. The van der Waals surface area contributed by atoms with Crippen LogP contribution in [0.4, 0.5) is 4.39 Å². The van der Waals surface area contributed by atoms with Crippen molar-refractivity contribution in [2.24, 2.45) is 0 Å². The van der Waals surface area contributed by atoms with Crippen molar-refractivity contribution in [3.8, 4) is 0 Å². The molecule has 0 aliphatic rings. The van der Waals surface area contributed by atoms with Crippen LogP contribution in [0, 0.1) is 12.7 Å². The Morgan fingerprint density at radius 3 is 2.56 bits per heavy atom. The molecule has 1 aromatic carbocycles. The van der Waals surface area contributed by atoms with Gasteiger partial charge in [-0.2, -0.15) is 0 Å². The molecule has 1 N–H and O–H groups in total. The van der Waals surface area contributed by atoms with Crippen LogP contribution in [0.15, 0.2) is 18.2 Å². The summed E-state index contributed by atoms with van der Waals surface area (Å²) in [6, 6.07) is 6.16. The quantitative estimate of drug-likeness (QED) is 0.729. The van der Waals surface area contributed by atoms with Gasteiger partial charge in [0.05, 0.1) is 0 Å². The van der Waals surface area contributed by atoms with Crippen LogP contribution in [0.1, 0.15) is 50.7 Å². The molecule has 1 unspecified atom stereocenters. The zero-order chi connectivity index (χ0) is 13.4. The number of aryl methyl sites for hydroxylation is 2. The summed E-state index contributed by atoms with van der Waals surface area (Å²) in [5, 5.41) is 3.57. The molecule has 0 aliphatic heterocycles. The Labute approximate surface area is 111 Å². The van der Waals surface area contributed by atoms with Crippen molar-refractivity contribution in [3.63, 3.8) is 0 Å². The monoisotopic (exact) mass is 251 g/mol. The molecule has 0 saturated heterocycles. The number of rotatable bonds is 8. The molecular formula is C16H26FN. The van der Waals surface area contributed by atoms with E-state index in [4.69, 9.17) is 0 Å². The molecule has 0 aliphatic carbocycles. The van der Waals surface area contributed by atoms with Crippen LogP contribution in [0.5, 0.6) is 0 Å². The van der Waals surface area contributed by atoms with E-state index in [9.17, 15) is 4.39 Å². The van der Waals surface area contributed by atoms with Gasteiger partial charge in [-0.25, -0.2) is 4.39 Å². The van der Waals surface area contributed by atoms with Gasteiger partial charge in [0.2, 0.25) is 0 Å². The normalized spacial score (nSPS) is 12.7. The van der Waals surface area contributed by atoms with E-state index in [0.29, 0.717) is 6.04 Å². The summed E-state index contributed by atoms with van der Waals surface area (Å²) in [4.78, 5) is 0. The highest BCUT2D eigenvalue weighted by Crippen LogP contribution is 2.13. The maximum atomic E-state index is 13.4. The van der Waals surface area contributed by atoms with Gasteiger partial charge in [-0.3, -0.25) is 0 Å². The second-order valence-electron chi connectivity index (χ2n) is 5.06. The van der Waals surface area contributed by atoms with Crippen LogP contribution in [0.3, 0.4) is 0 Å². The van der Waals surface area contributed by atoms with E-state index in [1.54, 1.807) is 6.07 Å². The Bertz CT molecular complexity index is 349. The summed E-state index contributed by atoms with van der Waals surface area (Å²) in [5.74, 6) is -0.0824. The van der Waals surface area contributed by atoms with Crippen molar-refractivity contribution in [3.05, 3.63) is 35.1 Å². The summed E-state index contributed by atoms with van der Waals surface area (Å²) in [6.07, 6.45) is 5.62. The predicted octanol–water partition coefficient (Wildman–Crippen LogP) is 4.24. The summed E-state index contributed by atoms with van der Waals surface area (Å²) in [7, 11) is 0. The Balaban J connectivity index is 2.47. The molecule has 18 heavy (non-hydrogen) atoms. The van der Waals surface area contributed by atoms with Gasteiger partial charge in [0, 0.05) is 6.04 Å². The second-order valence-corrected chi connectivity index (χ2v) is 5.06. The SMILES string of the molecule is CCCNC(CCC)CCc1ccc(C)c(F)c1. The van der Waals surface area contributed by atoms with Gasteiger partial charge in [0.25, 0.3) is 0 Å². The third-order valence-corrected chi connectivity index (χ3v) is 3.34. The highest BCUT2D eigenvalue weighted by molar-refractivity contribution is 5.23. The molecule has 1 aromatic rings. The molecule has 0 aromatic heterocycles. The highest BCUT2D eigenvalue weighted by Gasteiger charge is 2.07. The Morgan fingerprint density at radius 1 is 1.17 bits per heavy atom.